The summed E-state index contributed by atoms with van der Waals surface area (Å²) in [7, 11) is 0. The van der Waals surface area contributed by atoms with Crippen LogP contribution >= 0.6 is 0 Å². The Labute approximate surface area is 96.3 Å². The van der Waals surface area contributed by atoms with Gasteiger partial charge in [0.2, 0.25) is 0 Å². The van der Waals surface area contributed by atoms with Gasteiger partial charge in [0, 0.05) is 23.1 Å². The molecule has 4 heteroatoms. The molecule has 3 rings (SSSR count). The van der Waals surface area contributed by atoms with Gasteiger partial charge in [0.1, 0.15) is 0 Å². The van der Waals surface area contributed by atoms with E-state index >= 15 is 0 Å². The number of nitro benzene ring substituents is 1. The maximum absolute atomic E-state index is 11.7. The quantitative estimate of drug-likeness (QED) is 0.553. The van der Waals surface area contributed by atoms with Crippen LogP contribution in [0.5, 0.6) is 0 Å². The highest BCUT2D eigenvalue weighted by molar-refractivity contribution is 6.20. The van der Waals surface area contributed by atoms with Crippen molar-refractivity contribution >= 4 is 28.3 Å². The first-order valence-electron chi connectivity index (χ1n) is 5.10. The first-order valence-corrected chi connectivity index (χ1v) is 5.10. The van der Waals surface area contributed by atoms with E-state index in [1.807, 2.05) is 0 Å². The molecule has 17 heavy (non-hydrogen) atoms. The zero-order chi connectivity index (χ0) is 12.0. The number of hydrogen-bond donors (Lipinski definition) is 0. The molecule has 0 aliphatic heterocycles. The summed E-state index contributed by atoms with van der Waals surface area (Å²) in [4.78, 5) is 22.0. The predicted octanol–water partition coefficient (Wildman–Crippen LogP) is 2.96. The Balaban J connectivity index is 2.46. The van der Waals surface area contributed by atoms with Crippen molar-refractivity contribution in [2.24, 2.45) is 0 Å². The molecule has 2 aromatic rings. The van der Waals surface area contributed by atoms with Crippen molar-refractivity contribution in [3.63, 3.8) is 0 Å². The molecule has 4 nitrogen and oxygen atoms in total. The average Bonchev–Trinajstić information content (AvgIpc) is 2.33. The Hall–Kier alpha value is -2.49. The number of nitro groups is 1. The van der Waals surface area contributed by atoms with Crippen molar-refractivity contribution < 1.29 is 9.72 Å². The zero-order valence-corrected chi connectivity index (χ0v) is 8.71. The Morgan fingerprint density at radius 1 is 1.12 bits per heavy atom. The number of non-ortho nitro benzene ring substituents is 1. The molecule has 0 amide bonds. The normalized spacial score (nSPS) is 13.1. The summed E-state index contributed by atoms with van der Waals surface area (Å²) in [5, 5.41) is 12.3. The van der Waals surface area contributed by atoms with Crippen LogP contribution in [0.25, 0.3) is 16.8 Å². The first kappa shape index (κ1) is 9.72. The van der Waals surface area contributed by atoms with E-state index in [1.165, 1.54) is 18.2 Å². The molecule has 2 aromatic carbocycles. The lowest BCUT2D eigenvalue weighted by Crippen LogP contribution is -2.02. The fraction of sp³-hybridized carbons (Fsp3) is 0. The first-order chi connectivity index (χ1) is 8.16. The monoisotopic (exact) mass is 225 g/mol. The summed E-state index contributed by atoms with van der Waals surface area (Å²) >= 11 is 0. The van der Waals surface area contributed by atoms with E-state index < -0.39 is 4.92 Å². The number of benzene rings is 2. The van der Waals surface area contributed by atoms with Gasteiger partial charge in [-0.1, -0.05) is 24.3 Å². The van der Waals surface area contributed by atoms with Gasteiger partial charge in [-0.2, -0.15) is 0 Å². The van der Waals surface area contributed by atoms with E-state index in [4.69, 9.17) is 0 Å². The van der Waals surface area contributed by atoms with Crippen LogP contribution in [-0.4, -0.2) is 10.7 Å². The minimum Gasteiger partial charge on any atom is -0.289 e. The van der Waals surface area contributed by atoms with Gasteiger partial charge in [0.05, 0.1) is 4.92 Å². The Bertz CT molecular complexity index is 701. The van der Waals surface area contributed by atoms with Crippen molar-refractivity contribution in [2.45, 2.75) is 0 Å². The highest BCUT2D eigenvalue weighted by atomic mass is 16.6. The Morgan fingerprint density at radius 3 is 2.71 bits per heavy atom. The minimum absolute atomic E-state index is 0.0450. The highest BCUT2D eigenvalue weighted by Crippen LogP contribution is 2.32. The van der Waals surface area contributed by atoms with Gasteiger partial charge in [-0.15, -0.1) is 0 Å². The van der Waals surface area contributed by atoms with Crippen LogP contribution < -0.4 is 0 Å². The minimum atomic E-state index is -0.424. The van der Waals surface area contributed by atoms with Crippen LogP contribution in [0.2, 0.25) is 0 Å². The molecule has 0 aromatic heterocycles. The maximum Gasteiger partial charge on any atom is 0.270 e. The number of carbonyl (C=O) groups excluding carboxylic acids is 1. The molecule has 0 unspecified atom stereocenters. The van der Waals surface area contributed by atoms with Crippen molar-refractivity contribution in [1.29, 1.82) is 0 Å². The Kier molecular flexibility index (Phi) is 1.86. The average molecular weight is 225 g/mol. The third-order valence-corrected chi connectivity index (χ3v) is 2.88. The number of hydrogen-bond acceptors (Lipinski definition) is 3. The van der Waals surface area contributed by atoms with E-state index in [9.17, 15) is 14.9 Å². The van der Waals surface area contributed by atoms with Crippen molar-refractivity contribution in [3.05, 3.63) is 57.6 Å². The van der Waals surface area contributed by atoms with Crippen LogP contribution in [0, 0.1) is 10.1 Å². The van der Waals surface area contributed by atoms with E-state index in [0.29, 0.717) is 5.56 Å². The van der Waals surface area contributed by atoms with Crippen LogP contribution in [-0.2, 0) is 0 Å². The summed E-state index contributed by atoms with van der Waals surface area (Å²) in [6.07, 6.45) is 3.07. The van der Waals surface area contributed by atoms with Gasteiger partial charge in [-0.3, -0.25) is 14.9 Å². The van der Waals surface area contributed by atoms with E-state index in [2.05, 4.69) is 0 Å². The molecule has 0 atom stereocenters. The van der Waals surface area contributed by atoms with Crippen molar-refractivity contribution in [2.75, 3.05) is 0 Å². The number of nitrogens with zero attached hydrogens (tertiary/aromatic N) is 1. The second kappa shape index (κ2) is 3.25. The molecule has 0 saturated carbocycles. The molecular formula is C13H7NO3. The topological polar surface area (TPSA) is 60.2 Å². The van der Waals surface area contributed by atoms with Gasteiger partial charge >= 0.3 is 0 Å². The van der Waals surface area contributed by atoms with Gasteiger partial charge in [0.25, 0.3) is 5.69 Å². The molecular weight excluding hydrogens is 218 g/mol. The van der Waals surface area contributed by atoms with Crippen molar-refractivity contribution in [3.8, 4) is 0 Å². The molecule has 0 spiro atoms. The molecule has 1 aliphatic carbocycles. The molecule has 0 bridgehead atoms. The third-order valence-electron chi connectivity index (χ3n) is 2.88. The fourth-order valence-electron chi connectivity index (χ4n) is 2.14. The van der Waals surface area contributed by atoms with Crippen molar-refractivity contribution in [1.82, 2.24) is 0 Å². The summed E-state index contributed by atoms with van der Waals surface area (Å²) in [5.74, 6) is -0.0584. The molecule has 0 N–H and O–H groups in total. The molecule has 0 radical (unpaired) electrons. The largest absolute Gasteiger partial charge is 0.289 e. The van der Waals surface area contributed by atoms with Gasteiger partial charge < -0.3 is 0 Å². The predicted molar refractivity (Wildman–Crippen MR) is 64.0 cm³/mol. The number of allylic oxidation sites excluding steroid dienone is 1. The van der Waals surface area contributed by atoms with Crippen LogP contribution in [0.4, 0.5) is 5.69 Å². The second-order valence-corrected chi connectivity index (χ2v) is 3.89. The summed E-state index contributed by atoms with van der Waals surface area (Å²) in [5.41, 5.74) is 1.38. The lowest BCUT2D eigenvalue weighted by Gasteiger charge is -2.11. The third kappa shape index (κ3) is 1.34. The lowest BCUT2D eigenvalue weighted by atomic mass is 9.92. The molecule has 82 valence electrons. The highest BCUT2D eigenvalue weighted by Gasteiger charge is 2.18. The zero-order valence-electron chi connectivity index (χ0n) is 8.71. The fourth-order valence-corrected chi connectivity index (χ4v) is 2.14. The SMILES string of the molecule is O=C1C=Cc2cc([N+](=O)[O-])cc3cccc1c23. The van der Waals surface area contributed by atoms with Gasteiger partial charge in [0.15, 0.2) is 5.78 Å². The molecule has 0 fully saturated rings. The maximum atomic E-state index is 11.7. The van der Waals surface area contributed by atoms with Crippen LogP contribution in [0.1, 0.15) is 15.9 Å². The van der Waals surface area contributed by atoms with E-state index in [1.54, 1.807) is 24.3 Å². The molecule has 1 aliphatic rings. The van der Waals surface area contributed by atoms with Gasteiger partial charge in [-0.25, -0.2) is 0 Å². The van der Waals surface area contributed by atoms with E-state index in [0.717, 1.165) is 16.3 Å². The summed E-state index contributed by atoms with van der Waals surface area (Å²) < 4.78 is 0. The second-order valence-electron chi connectivity index (χ2n) is 3.89. The van der Waals surface area contributed by atoms with E-state index in [-0.39, 0.29) is 11.5 Å². The van der Waals surface area contributed by atoms with Crippen LogP contribution in [0.3, 0.4) is 0 Å². The summed E-state index contributed by atoms with van der Waals surface area (Å²) in [6, 6.07) is 8.25. The molecule has 0 saturated heterocycles. The standard InChI is InChI=1S/C13H7NO3/c15-12-5-4-9-7-10(14(16)17)6-8-2-1-3-11(12)13(8)9/h1-7H. The lowest BCUT2D eigenvalue weighted by molar-refractivity contribution is -0.384. The van der Waals surface area contributed by atoms with Crippen LogP contribution in [0.15, 0.2) is 36.4 Å². The smallest absolute Gasteiger partial charge is 0.270 e. The molecule has 0 heterocycles. The summed E-state index contributed by atoms with van der Waals surface area (Å²) in [6.45, 7) is 0. The van der Waals surface area contributed by atoms with Gasteiger partial charge in [-0.05, 0) is 17.0 Å². The number of carbonyl (C=O) groups is 1. The Morgan fingerprint density at radius 2 is 1.94 bits per heavy atom. The number of rotatable bonds is 1. The number of ketones is 1.